The highest BCUT2D eigenvalue weighted by atomic mass is 16.6. The molecule has 1 aliphatic heterocycles. The lowest BCUT2D eigenvalue weighted by molar-refractivity contribution is 0.169. The Morgan fingerprint density at radius 3 is 1.58 bits per heavy atom. The highest BCUT2D eigenvalue weighted by molar-refractivity contribution is 5.17. The molecule has 72 valence electrons. The maximum atomic E-state index is 5.92. The fraction of sp³-hybridized carbons (Fsp3) is 1.00. The van der Waals surface area contributed by atoms with Crippen molar-refractivity contribution < 1.29 is 4.74 Å². The Balaban J connectivity index is 2.84. The Labute approximate surface area is 76.5 Å². The van der Waals surface area contributed by atoms with E-state index in [0.29, 0.717) is 5.92 Å². The summed E-state index contributed by atoms with van der Waals surface area (Å²) < 4.78 is 5.92. The van der Waals surface area contributed by atoms with E-state index in [4.69, 9.17) is 4.74 Å². The first-order chi connectivity index (χ1) is 5.15. The van der Waals surface area contributed by atoms with Crippen LogP contribution >= 0.6 is 0 Å². The minimum atomic E-state index is 0.0637. The van der Waals surface area contributed by atoms with Crippen molar-refractivity contribution in [3.8, 4) is 0 Å². The van der Waals surface area contributed by atoms with E-state index < -0.39 is 0 Å². The molecule has 0 amide bonds. The molecule has 1 fully saturated rings. The van der Waals surface area contributed by atoms with Crippen LogP contribution in [-0.4, -0.2) is 11.2 Å². The topological polar surface area (TPSA) is 12.5 Å². The fourth-order valence-corrected chi connectivity index (χ4v) is 1.96. The van der Waals surface area contributed by atoms with Gasteiger partial charge in [-0.05, 0) is 25.2 Å². The van der Waals surface area contributed by atoms with Crippen LogP contribution in [0.2, 0.25) is 0 Å². The molecule has 1 nitrogen and oxygen atoms in total. The van der Waals surface area contributed by atoms with Crippen LogP contribution in [0.4, 0.5) is 0 Å². The molecule has 0 aliphatic carbocycles. The molecular formula is C11H22O. The van der Waals surface area contributed by atoms with E-state index >= 15 is 0 Å². The van der Waals surface area contributed by atoms with Crippen molar-refractivity contribution in [3.63, 3.8) is 0 Å². The molecule has 1 heteroatoms. The monoisotopic (exact) mass is 170 g/mol. The Morgan fingerprint density at radius 2 is 1.50 bits per heavy atom. The lowest BCUT2D eigenvalue weighted by atomic mass is 9.71. The summed E-state index contributed by atoms with van der Waals surface area (Å²) in [6, 6.07) is 0. The summed E-state index contributed by atoms with van der Waals surface area (Å²) in [5.41, 5.74) is 0.394. The number of hydrogen-bond donors (Lipinski definition) is 0. The molecule has 0 spiro atoms. The molecule has 2 atom stereocenters. The lowest BCUT2D eigenvalue weighted by Crippen LogP contribution is -2.36. The first-order valence-electron chi connectivity index (χ1n) is 4.85. The largest absolute Gasteiger partial charge is 0.362 e. The zero-order valence-electron chi connectivity index (χ0n) is 9.49. The van der Waals surface area contributed by atoms with Gasteiger partial charge in [0.05, 0.1) is 11.2 Å². The second-order valence-corrected chi connectivity index (χ2v) is 5.65. The molecule has 0 bridgehead atoms. The van der Waals surface area contributed by atoms with Gasteiger partial charge in [-0.2, -0.15) is 0 Å². The van der Waals surface area contributed by atoms with Crippen LogP contribution in [0.5, 0.6) is 0 Å². The third-order valence-electron chi connectivity index (χ3n) is 3.85. The van der Waals surface area contributed by atoms with Crippen LogP contribution in [0.1, 0.15) is 48.5 Å². The summed E-state index contributed by atoms with van der Waals surface area (Å²) in [7, 11) is 0. The summed E-state index contributed by atoms with van der Waals surface area (Å²) in [4.78, 5) is 0. The molecule has 1 heterocycles. The summed E-state index contributed by atoms with van der Waals surface area (Å²) in [6.07, 6.45) is 0. The second kappa shape index (κ2) is 2.25. The van der Waals surface area contributed by atoms with Crippen molar-refractivity contribution in [2.75, 3.05) is 0 Å². The number of rotatable bonds is 1. The normalized spacial score (nSPS) is 42.0. The highest BCUT2D eigenvalue weighted by Crippen LogP contribution is 2.60. The van der Waals surface area contributed by atoms with E-state index in [2.05, 4.69) is 48.5 Å². The molecule has 12 heavy (non-hydrogen) atoms. The average molecular weight is 170 g/mol. The van der Waals surface area contributed by atoms with Crippen molar-refractivity contribution in [2.45, 2.75) is 59.7 Å². The predicted octanol–water partition coefficient (Wildman–Crippen LogP) is 3.24. The van der Waals surface area contributed by atoms with Gasteiger partial charge in [0.15, 0.2) is 0 Å². The maximum absolute atomic E-state index is 5.92. The Kier molecular flexibility index (Phi) is 1.89. The van der Waals surface area contributed by atoms with Gasteiger partial charge < -0.3 is 4.74 Å². The smallest absolute Gasteiger partial charge is 0.0999 e. The van der Waals surface area contributed by atoms with Crippen molar-refractivity contribution >= 4 is 0 Å². The van der Waals surface area contributed by atoms with Gasteiger partial charge in [0.1, 0.15) is 0 Å². The number of epoxide rings is 1. The molecule has 0 aromatic carbocycles. The van der Waals surface area contributed by atoms with Gasteiger partial charge in [-0.25, -0.2) is 0 Å². The van der Waals surface area contributed by atoms with E-state index in [1.807, 2.05) is 0 Å². The first-order valence-corrected chi connectivity index (χ1v) is 4.85. The van der Waals surface area contributed by atoms with Crippen LogP contribution in [-0.2, 0) is 4.74 Å². The quantitative estimate of drug-likeness (QED) is 0.550. The molecule has 0 saturated carbocycles. The third-order valence-corrected chi connectivity index (χ3v) is 3.85. The highest BCUT2D eigenvalue weighted by Gasteiger charge is 2.69. The second-order valence-electron chi connectivity index (χ2n) is 5.65. The van der Waals surface area contributed by atoms with Crippen LogP contribution in [0.25, 0.3) is 0 Å². The SMILES string of the molecule is CC(C)[C@@]1(C)O[C@]1(C)C(C)(C)C. The van der Waals surface area contributed by atoms with E-state index in [1.54, 1.807) is 0 Å². The number of ether oxygens (including phenoxy) is 1. The molecule has 1 aliphatic rings. The Bertz CT molecular complexity index is 190. The number of hydrogen-bond acceptors (Lipinski definition) is 1. The van der Waals surface area contributed by atoms with Crippen LogP contribution in [0.15, 0.2) is 0 Å². The third kappa shape index (κ3) is 1.02. The minimum Gasteiger partial charge on any atom is -0.362 e. The summed E-state index contributed by atoms with van der Waals surface area (Å²) in [5.74, 6) is 0.599. The van der Waals surface area contributed by atoms with Crippen molar-refractivity contribution in [1.29, 1.82) is 0 Å². The van der Waals surface area contributed by atoms with E-state index in [0.717, 1.165) is 0 Å². The van der Waals surface area contributed by atoms with Crippen LogP contribution in [0.3, 0.4) is 0 Å². The Morgan fingerprint density at radius 1 is 1.08 bits per heavy atom. The first kappa shape index (κ1) is 10.0. The van der Waals surface area contributed by atoms with Crippen molar-refractivity contribution in [1.82, 2.24) is 0 Å². The zero-order chi connectivity index (χ0) is 9.78. The summed E-state index contributed by atoms with van der Waals surface area (Å²) >= 11 is 0. The maximum Gasteiger partial charge on any atom is 0.0999 e. The van der Waals surface area contributed by atoms with Gasteiger partial charge in [0.2, 0.25) is 0 Å². The molecule has 1 saturated heterocycles. The fourth-order valence-electron chi connectivity index (χ4n) is 1.96. The summed E-state index contributed by atoms with van der Waals surface area (Å²) in [5, 5.41) is 0. The van der Waals surface area contributed by atoms with E-state index in [1.165, 1.54) is 0 Å². The standard InChI is InChI=1S/C11H22O/c1-8(2)10(6)11(7,12-10)9(3,4)5/h8H,1-7H3/t10-,11-/m1/s1. The van der Waals surface area contributed by atoms with Gasteiger partial charge in [0, 0.05) is 0 Å². The van der Waals surface area contributed by atoms with Gasteiger partial charge in [-0.15, -0.1) is 0 Å². The van der Waals surface area contributed by atoms with Gasteiger partial charge in [-0.1, -0.05) is 34.6 Å². The molecule has 0 aromatic rings. The zero-order valence-corrected chi connectivity index (χ0v) is 9.49. The molecule has 0 N–H and O–H groups in total. The summed E-state index contributed by atoms with van der Waals surface area (Å²) in [6.45, 7) is 15.7. The van der Waals surface area contributed by atoms with E-state index in [-0.39, 0.29) is 16.6 Å². The van der Waals surface area contributed by atoms with Crippen LogP contribution < -0.4 is 0 Å². The van der Waals surface area contributed by atoms with Gasteiger partial charge >= 0.3 is 0 Å². The minimum absolute atomic E-state index is 0.0637. The average Bonchev–Trinajstić information content (AvgIpc) is 2.37. The molecule has 0 aromatic heterocycles. The molecule has 1 rings (SSSR count). The predicted molar refractivity (Wildman–Crippen MR) is 52.2 cm³/mol. The van der Waals surface area contributed by atoms with E-state index in [9.17, 15) is 0 Å². The van der Waals surface area contributed by atoms with Crippen molar-refractivity contribution in [2.24, 2.45) is 11.3 Å². The molecule has 0 radical (unpaired) electrons. The molecular weight excluding hydrogens is 148 g/mol. The molecule has 0 unspecified atom stereocenters. The van der Waals surface area contributed by atoms with Crippen LogP contribution in [0, 0.1) is 11.3 Å². The lowest BCUT2D eigenvalue weighted by Gasteiger charge is -2.28. The van der Waals surface area contributed by atoms with Crippen molar-refractivity contribution in [3.05, 3.63) is 0 Å². The Hall–Kier alpha value is -0.0400. The van der Waals surface area contributed by atoms with Gasteiger partial charge in [-0.3, -0.25) is 0 Å². The van der Waals surface area contributed by atoms with Gasteiger partial charge in [0.25, 0.3) is 0 Å².